The van der Waals surface area contributed by atoms with E-state index in [0.29, 0.717) is 17.2 Å². The molecule has 8 heteroatoms. The molecule has 0 radical (unpaired) electrons. The maximum Gasteiger partial charge on any atom is 0.305 e. The fraction of sp³-hybridized carbons (Fsp3) is 0.464. The molecule has 2 N–H and O–H groups in total. The highest BCUT2D eigenvalue weighted by Gasteiger charge is 2.53. The number of rotatable bonds is 8. The zero-order valence-electron chi connectivity index (χ0n) is 20.8. The summed E-state index contributed by atoms with van der Waals surface area (Å²) < 4.78 is 6.28. The van der Waals surface area contributed by atoms with E-state index in [2.05, 4.69) is 31.3 Å². The largest absolute Gasteiger partial charge is 0.490 e. The molecule has 36 heavy (non-hydrogen) atoms. The SMILES string of the molecule is CC(C)c1ccc(OC2CCC3(CC2)SC[C@@H](C(=O)NCCC(=O)O)N3C(=O)c2ccccc2)cc1. The molecular weight excluding hydrogens is 476 g/mol. The Kier molecular flexibility index (Phi) is 8.24. The molecule has 0 unspecified atom stereocenters. The Balaban J connectivity index is 1.47. The molecule has 0 aromatic heterocycles. The van der Waals surface area contributed by atoms with Crippen molar-refractivity contribution in [3.8, 4) is 5.75 Å². The molecule has 2 fully saturated rings. The Labute approximate surface area is 216 Å². The average molecular weight is 511 g/mol. The highest BCUT2D eigenvalue weighted by atomic mass is 32.2. The number of hydrogen-bond acceptors (Lipinski definition) is 5. The summed E-state index contributed by atoms with van der Waals surface area (Å²) in [4.78, 5) is 38.9. The number of carboxylic acid groups (broad SMARTS) is 1. The van der Waals surface area contributed by atoms with Crippen LogP contribution in [0.3, 0.4) is 0 Å². The summed E-state index contributed by atoms with van der Waals surface area (Å²) in [5.41, 5.74) is 1.82. The van der Waals surface area contributed by atoms with Crippen molar-refractivity contribution in [2.45, 2.75) is 68.9 Å². The quantitative estimate of drug-likeness (QED) is 0.536. The Hall–Kier alpha value is -3.00. The van der Waals surface area contributed by atoms with Crippen LogP contribution in [0.4, 0.5) is 0 Å². The molecule has 4 rings (SSSR count). The fourth-order valence-electron chi connectivity index (χ4n) is 4.98. The van der Waals surface area contributed by atoms with Gasteiger partial charge >= 0.3 is 5.97 Å². The van der Waals surface area contributed by atoms with Gasteiger partial charge in [0.05, 0.1) is 17.4 Å². The third kappa shape index (κ3) is 5.86. The molecule has 1 saturated carbocycles. The molecule has 7 nitrogen and oxygen atoms in total. The van der Waals surface area contributed by atoms with Crippen molar-refractivity contribution in [3.05, 3.63) is 65.7 Å². The molecule has 192 valence electrons. The fourth-order valence-corrected chi connectivity index (χ4v) is 6.62. The normalized spacial score (nSPS) is 23.6. The van der Waals surface area contributed by atoms with Crippen LogP contribution in [0.25, 0.3) is 0 Å². The molecule has 2 aliphatic rings. The number of nitrogens with one attached hydrogen (secondary N) is 1. The van der Waals surface area contributed by atoms with Gasteiger partial charge in [-0.25, -0.2) is 0 Å². The Bertz CT molecular complexity index is 1070. The number of carboxylic acids is 1. The van der Waals surface area contributed by atoms with Crippen molar-refractivity contribution in [1.82, 2.24) is 10.2 Å². The lowest BCUT2D eigenvalue weighted by molar-refractivity contribution is -0.137. The predicted octanol–water partition coefficient (Wildman–Crippen LogP) is 4.68. The van der Waals surface area contributed by atoms with Crippen molar-refractivity contribution in [2.24, 2.45) is 0 Å². The number of carbonyl (C=O) groups excluding carboxylic acids is 2. The number of aliphatic carboxylic acids is 1. The molecule has 1 heterocycles. The van der Waals surface area contributed by atoms with Gasteiger partial charge in [-0.3, -0.25) is 14.4 Å². The highest BCUT2D eigenvalue weighted by molar-refractivity contribution is 8.01. The van der Waals surface area contributed by atoms with E-state index in [9.17, 15) is 14.4 Å². The third-order valence-corrected chi connectivity index (χ3v) is 8.63. The molecule has 2 aromatic rings. The van der Waals surface area contributed by atoms with E-state index in [1.807, 2.05) is 30.3 Å². The van der Waals surface area contributed by atoms with Gasteiger partial charge in [-0.1, -0.05) is 44.2 Å². The van der Waals surface area contributed by atoms with Gasteiger partial charge in [0.15, 0.2) is 0 Å². The lowest BCUT2D eigenvalue weighted by Gasteiger charge is -2.44. The first kappa shape index (κ1) is 26.1. The summed E-state index contributed by atoms with van der Waals surface area (Å²) in [5, 5.41) is 11.6. The molecule has 1 aliphatic carbocycles. The molecule has 0 bridgehead atoms. The highest BCUT2D eigenvalue weighted by Crippen LogP contribution is 2.50. The van der Waals surface area contributed by atoms with Crippen molar-refractivity contribution >= 4 is 29.5 Å². The van der Waals surface area contributed by atoms with E-state index < -0.39 is 16.9 Å². The molecule has 1 spiro atoms. The molecule has 1 aliphatic heterocycles. The second kappa shape index (κ2) is 11.4. The van der Waals surface area contributed by atoms with Gasteiger partial charge < -0.3 is 20.1 Å². The lowest BCUT2D eigenvalue weighted by atomic mass is 9.89. The summed E-state index contributed by atoms with van der Waals surface area (Å²) in [5.74, 6) is 0.375. The Morgan fingerprint density at radius 2 is 1.75 bits per heavy atom. The molecule has 2 amide bonds. The third-order valence-electron chi connectivity index (χ3n) is 7.00. The van der Waals surface area contributed by atoms with Crippen LogP contribution in [-0.2, 0) is 9.59 Å². The number of amides is 2. The predicted molar refractivity (Wildman–Crippen MR) is 140 cm³/mol. The standard InChI is InChI=1S/C28H34N2O5S/c1-19(2)20-8-10-22(11-9-20)35-23-12-15-28(16-13-23)30(27(34)21-6-4-3-5-7-21)24(18-36-28)26(33)29-17-14-25(31)32/h3-11,19,23-24H,12-18H2,1-2H3,(H,29,33)(H,31,32)/t23?,24-,28?/m0/s1. The minimum absolute atomic E-state index is 0.0429. The molecule has 1 saturated heterocycles. The zero-order chi connectivity index (χ0) is 25.7. The first-order valence-electron chi connectivity index (χ1n) is 12.6. The van der Waals surface area contributed by atoms with Crippen LogP contribution in [0.1, 0.15) is 67.8 Å². The summed E-state index contributed by atoms with van der Waals surface area (Å²) >= 11 is 1.66. The van der Waals surface area contributed by atoms with Gasteiger partial charge in [0.25, 0.3) is 5.91 Å². The van der Waals surface area contributed by atoms with Crippen LogP contribution in [0.2, 0.25) is 0 Å². The van der Waals surface area contributed by atoms with E-state index in [-0.39, 0.29) is 30.9 Å². The van der Waals surface area contributed by atoms with Gasteiger partial charge in [-0.2, -0.15) is 0 Å². The zero-order valence-corrected chi connectivity index (χ0v) is 21.6. The minimum atomic E-state index is -0.970. The summed E-state index contributed by atoms with van der Waals surface area (Å²) in [7, 11) is 0. The van der Waals surface area contributed by atoms with Crippen LogP contribution in [-0.4, -0.2) is 57.1 Å². The van der Waals surface area contributed by atoms with Gasteiger partial charge in [0.1, 0.15) is 11.8 Å². The number of hydrogen-bond donors (Lipinski definition) is 2. The van der Waals surface area contributed by atoms with Crippen LogP contribution < -0.4 is 10.1 Å². The van der Waals surface area contributed by atoms with E-state index >= 15 is 0 Å². The first-order valence-corrected chi connectivity index (χ1v) is 13.6. The van der Waals surface area contributed by atoms with E-state index in [4.69, 9.17) is 9.84 Å². The van der Waals surface area contributed by atoms with Gasteiger partial charge in [-0.15, -0.1) is 11.8 Å². The summed E-state index contributed by atoms with van der Waals surface area (Å²) in [6.07, 6.45) is 2.92. The van der Waals surface area contributed by atoms with Crippen molar-refractivity contribution < 1.29 is 24.2 Å². The number of nitrogens with zero attached hydrogens (tertiary/aromatic N) is 1. The summed E-state index contributed by atoms with van der Waals surface area (Å²) in [6, 6.07) is 16.6. The number of ether oxygens (including phenoxy) is 1. The average Bonchev–Trinajstić information content (AvgIpc) is 3.24. The van der Waals surface area contributed by atoms with Crippen LogP contribution in [0.15, 0.2) is 54.6 Å². The van der Waals surface area contributed by atoms with E-state index in [0.717, 1.165) is 31.4 Å². The van der Waals surface area contributed by atoms with Crippen LogP contribution in [0.5, 0.6) is 5.75 Å². The Morgan fingerprint density at radius 3 is 2.36 bits per heavy atom. The monoisotopic (exact) mass is 510 g/mol. The maximum absolute atomic E-state index is 13.7. The van der Waals surface area contributed by atoms with Gasteiger partial charge in [0, 0.05) is 17.9 Å². The topological polar surface area (TPSA) is 95.9 Å². The van der Waals surface area contributed by atoms with E-state index in [1.165, 1.54) is 5.56 Å². The van der Waals surface area contributed by atoms with Gasteiger partial charge in [-0.05, 0) is 61.4 Å². The maximum atomic E-state index is 13.7. The second-order valence-electron chi connectivity index (χ2n) is 9.79. The van der Waals surface area contributed by atoms with Crippen molar-refractivity contribution in [1.29, 1.82) is 0 Å². The number of thioether (sulfide) groups is 1. The van der Waals surface area contributed by atoms with Crippen molar-refractivity contribution in [3.63, 3.8) is 0 Å². The second-order valence-corrected chi connectivity index (χ2v) is 11.2. The number of carbonyl (C=O) groups is 3. The smallest absolute Gasteiger partial charge is 0.305 e. The minimum Gasteiger partial charge on any atom is -0.490 e. The molecular formula is C28H34N2O5S. The van der Waals surface area contributed by atoms with Crippen molar-refractivity contribution in [2.75, 3.05) is 12.3 Å². The molecule has 2 aromatic carbocycles. The summed E-state index contributed by atoms with van der Waals surface area (Å²) in [6.45, 7) is 4.37. The van der Waals surface area contributed by atoms with Crippen LogP contribution >= 0.6 is 11.8 Å². The first-order chi connectivity index (χ1) is 17.3. The van der Waals surface area contributed by atoms with E-state index in [1.54, 1.807) is 28.8 Å². The Morgan fingerprint density at radius 1 is 1.08 bits per heavy atom. The van der Waals surface area contributed by atoms with Crippen LogP contribution in [0, 0.1) is 0 Å². The lowest BCUT2D eigenvalue weighted by Crippen LogP contribution is -2.56. The number of benzene rings is 2. The van der Waals surface area contributed by atoms with Gasteiger partial charge in [0.2, 0.25) is 5.91 Å². The molecule has 1 atom stereocenters.